The maximum Gasteiger partial charge on any atom is 0.191 e. The third-order valence-electron chi connectivity index (χ3n) is 5.88. The number of benzene rings is 1. The van der Waals surface area contributed by atoms with Gasteiger partial charge in [-0.15, -0.1) is 24.0 Å². The minimum absolute atomic E-state index is 0. The molecule has 0 aromatic heterocycles. The molecule has 1 aliphatic rings. The Morgan fingerprint density at radius 2 is 2.00 bits per heavy atom. The zero-order valence-corrected chi connectivity index (χ0v) is 23.2. The Labute approximate surface area is 213 Å². The van der Waals surface area contributed by atoms with E-state index in [2.05, 4.69) is 79.3 Å². The van der Waals surface area contributed by atoms with Crippen LogP contribution in [0.3, 0.4) is 0 Å². The number of ether oxygens (including phenoxy) is 1. The lowest BCUT2D eigenvalue weighted by molar-refractivity contribution is -0.0212. The highest BCUT2D eigenvalue weighted by Crippen LogP contribution is 2.13. The molecule has 1 saturated heterocycles. The molecule has 1 fully saturated rings. The van der Waals surface area contributed by atoms with E-state index in [9.17, 15) is 0 Å². The van der Waals surface area contributed by atoms with E-state index < -0.39 is 0 Å². The number of aliphatic imine (C=N–C) groups is 1. The third-order valence-corrected chi connectivity index (χ3v) is 5.88. The molecule has 6 nitrogen and oxygen atoms in total. The van der Waals surface area contributed by atoms with E-state index in [1.165, 1.54) is 24.1 Å². The topological polar surface area (TPSA) is 52.1 Å². The molecule has 2 atom stereocenters. The van der Waals surface area contributed by atoms with Crippen molar-refractivity contribution in [3.63, 3.8) is 0 Å². The predicted molar refractivity (Wildman–Crippen MR) is 147 cm³/mol. The van der Waals surface area contributed by atoms with Crippen LogP contribution in [0.15, 0.2) is 29.3 Å². The SMILES string of the molecule is CCNC(=NCc1cccc(CN2CCOC(C)C2)c1)NC(C)CCCN(CC)CC.I. The fourth-order valence-corrected chi connectivity index (χ4v) is 4.08. The van der Waals surface area contributed by atoms with Crippen LogP contribution in [-0.2, 0) is 17.8 Å². The molecule has 1 heterocycles. The molecule has 0 spiro atoms. The lowest BCUT2D eigenvalue weighted by Gasteiger charge is -2.31. The van der Waals surface area contributed by atoms with Gasteiger partial charge in [0.15, 0.2) is 5.96 Å². The normalized spacial score (nSPS) is 18.3. The number of morpholine rings is 1. The van der Waals surface area contributed by atoms with E-state index in [0.29, 0.717) is 18.7 Å². The van der Waals surface area contributed by atoms with E-state index in [1.54, 1.807) is 0 Å². The number of hydrogen-bond acceptors (Lipinski definition) is 4. The zero-order valence-electron chi connectivity index (χ0n) is 20.9. The van der Waals surface area contributed by atoms with Crippen molar-refractivity contribution < 1.29 is 4.74 Å². The van der Waals surface area contributed by atoms with Crippen LogP contribution in [0.4, 0.5) is 0 Å². The van der Waals surface area contributed by atoms with Gasteiger partial charge in [-0.3, -0.25) is 4.90 Å². The Hall–Kier alpha value is -0.900. The van der Waals surface area contributed by atoms with Gasteiger partial charge in [0.2, 0.25) is 0 Å². The van der Waals surface area contributed by atoms with Crippen molar-refractivity contribution in [1.82, 2.24) is 20.4 Å². The summed E-state index contributed by atoms with van der Waals surface area (Å²) in [6.07, 6.45) is 2.68. The van der Waals surface area contributed by atoms with Crippen molar-refractivity contribution in [2.45, 2.75) is 72.7 Å². The van der Waals surface area contributed by atoms with Crippen LogP contribution in [0.5, 0.6) is 0 Å². The molecule has 0 aliphatic carbocycles. The molecule has 0 radical (unpaired) electrons. The van der Waals surface area contributed by atoms with Crippen LogP contribution in [0.1, 0.15) is 58.6 Å². The summed E-state index contributed by atoms with van der Waals surface area (Å²) in [5.41, 5.74) is 2.61. The van der Waals surface area contributed by atoms with Gasteiger partial charge in [-0.2, -0.15) is 0 Å². The Kier molecular flexibility index (Phi) is 15.2. The number of nitrogens with one attached hydrogen (secondary N) is 2. The van der Waals surface area contributed by atoms with Gasteiger partial charge in [0.05, 0.1) is 19.3 Å². The Morgan fingerprint density at radius 3 is 2.69 bits per heavy atom. The Balaban J connectivity index is 0.00000512. The van der Waals surface area contributed by atoms with E-state index in [4.69, 9.17) is 9.73 Å². The first kappa shape index (κ1) is 29.1. The number of guanidine groups is 1. The second kappa shape index (κ2) is 16.7. The summed E-state index contributed by atoms with van der Waals surface area (Å²) in [4.78, 5) is 9.81. The summed E-state index contributed by atoms with van der Waals surface area (Å²) in [5, 5.41) is 6.98. The molecule has 0 amide bonds. The molecule has 7 heteroatoms. The van der Waals surface area contributed by atoms with Crippen LogP contribution < -0.4 is 10.6 Å². The minimum atomic E-state index is 0. The molecule has 2 N–H and O–H groups in total. The van der Waals surface area contributed by atoms with Crippen molar-refractivity contribution in [3.8, 4) is 0 Å². The first-order valence-electron chi connectivity index (χ1n) is 12.2. The number of hydrogen-bond donors (Lipinski definition) is 2. The minimum Gasteiger partial charge on any atom is -0.376 e. The first-order chi connectivity index (χ1) is 15.0. The first-order valence-corrected chi connectivity index (χ1v) is 12.2. The van der Waals surface area contributed by atoms with Crippen molar-refractivity contribution in [3.05, 3.63) is 35.4 Å². The largest absolute Gasteiger partial charge is 0.376 e. The van der Waals surface area contributed by atoms with Crippen LogP contribution in [-0.4, -0.2) is 73.8 Å². The van der Waals surface area contributed by atoms with Gasteiger partial charge in [-0.1, -0.05) is 38.1 Å². The lowest BCUT2D eigenvalue weighted by atomic mass is 10.1. The van der Waals surface area contributed by atoms with E-state index in [0.717, 1.165) is 58.3 Å². The number of rotatable bonds is 12. The van der Waals surface area contributed by atoms with Crippen LogP contribution in [0.25, 0.3) is 0 Å². The van der Waals surface area contributed by atoms with E-state index >= 15 is 0 Å². The van der Waals surface area contributed by atoms with Crippen molar-refractivity contribution in [1.29, 1.82) is 0 Å². The van der Waals surface area contributed by atoms with Gasteiger partial charge in [-0.25, -0.2) is 4.99 Å². The van der Waals surface area contributed by atoms with Crippen molar-refractivity contribution in [2.24, 2.45) is 4.99 Å². The smallest absolute Gasteiger partial charge is 0.191 e. The fourth-order valence-electron chi connectivity index (χ4n) is 4.08. The monoisotopic (exact) mass is 559 g/mol. The summed E-state index contributed by atoms with van der Waals surface area (Å²) in [5.74, 6) is 0.908. The van der Waals surface area contributed by atoms with Crippen molar-refractivity contribution in [2.75, 3.05) is 45.9 Å². The van der Waals surface area contributed by atoms with E-state index in [-0.39, 0.29) is 24.0 Å². The van der Waals surface area contributed by atoms with E-state index in [1.807, 2.05) is 0 Å². The summed E-state index contributed by atoms with van der Waals surface area (Å²) in [6.45, 7) is 19.8. The van der Waals surface area contributed by atoms with Gasteiger partial charge in [0.1, 0.15) is 0 Å². The van der Waals surface area contributed by atoms with Crippen LogP contribution in [0.2, 0.25) is 0 Å². The van der Waals surface area contributed by atoms with Gasteiger partial charge in [0, 0.05) is 32.2 Å². The summed E-state index contributed by atoms with van der Waals surface area (Å²) >= 11 is 0. The van der Waals surface area contributed by atoms with Gasteiger partial charge in [0.25, 0.3) is 0 Å². The summed E-state index contributed by atoms with van der Waals surface area (Å²) in [6, 6.07) is 9.24. The molecular formula is C25H46IN5O. The second-order valence-corrected chi connectivity index (χ2v) is 8.65. The molecule has 0 bridgehead atoms. The zero-order chi connectivity index (χ0) is 22.5. The molecule has 0 saturated carbocycles. The third kappa shape index (κ3) is 11.3. The summed E-state index contributed by atoms with van der Waals surface area (Å²) < 4.78 is 5.66. The highest BCUT2D eigenvalue weighted by atomic mass is 127. The fraction of sp³-hybridized carbons (Fsp3) is 0.720. The maximum atomic E-state index is 5.66. The Bertz CT molecular complexity index is 653. The van der Waals surface area contributed by atoms with Crippen molar-refractivity contribution >= 4 is 29.9 Å². The van der Waals surface area contributed by atoms with Crippen LogP contribution >= 0.6 is 24.0 Å². The molecule has 32 heavy (non-hydrogen) atoms. The predicted octanol–water partition coefficient (Wildman–Crippen LogP) is 4.09. The average Bonchev–Trinajstić information content (AvgIpc) is 2.75. The van der Waals surface area contributed by atoms with Crippen LogP contribution in [0, 0.1) is 0 Å². The highest BCUT2D eigenvalue weighted by Gasteiger charge is 2.16. The molecule has 1 aromatic rings. The summed E-state index contributed by atoms with van der Waals surface area (Å²) in [7, 11) is 0. The molecule has 1 aromatic carbocycles. The van der Waals surface area contributed by atoms with Gasteiger partial charge >= 0.3 is 0 Å². The second-order valence-electron chi connectivity index (χ2n) is 8.65. The molecule has 2 unspecified atom stereocenters. The quantitative estimate of drug-likeness (QED) is 0.230. The maximum absolute atomic E-state index is 5.66. The van der Waals surface area contributed by atoms with Gasteiger partial charge < -0.3 is 20.3 Å². The van der Waals surface area contributed by atoms with Gasteiger partial charge in [-0.05, 0) is 64.4 Å². The number of halogens is 1. The number of nitrogens with zero attached hydrogens (tertiary/aromatic N) is 3. The molecule has 184 valence electrons. The Morgan fingerprint density at radius 1 is 1.25 bits per heavy atom. The molecule has 1 aliphatic heterocycles. The standard InChI is InChI=1S/C25H45N5O.HI/c1-6-26-25(28-21(4)11-10-14-29(7-2)8-3)27-18-23-12-9-13-24(17-23)20-30-15-16-31-22(5)19-30;/h9,12-13,17,21-22H,6-8,10-11,14-16,18-20H2,1-5H3,(H2,26,27,28);1H. The highest BCUT2D eigenvalue weighted by molar-refractivity contribution is 14.0. The lowest BCUT2D eigenvalue weighted by Crippen LogP contribution is -2.42. The average molecular weight is 560 g/mol. The molecular weight excluding hydrogens is 513 g/mol. The molecule has 2 rings (SSSR count).